The van der Waals surface area contributed by atoms with Crippen LogP contribution in [0.4, 0.5) is 4.39 Å². The van der Waals surface area contributed by atoms with E-state index in [1.165, 1.54) is 22.9 Å². The van der Waals surface area contributed by atoms with Gasteiger partial charge in [-0.3, -0.25) is 9.59 Å². The molecular formula is C15H16FN3O2. The molecule has 110 valence electrons. The van der Waals surface area contributed by atoms with Crippen LogP contribution in [0.3, 0.4) is 0 Å². The van der Waals surface area contributed by atoms with Crippen molar-refractivity contribution in [2.75, 3.05) is 6.54 Å². The number of rotatable bonds is 4. The van der Waals surface area contributed by atoms with Gasteiger partial charge in [0.1, 0.15) is 11.5 Å². The lowest BCUT2D eigenvalue weighted by Crippen LogP contribution is -2.32. The SMILES string of the molecule is CCCNC(=O)c1nn(-c2ccccc2F)c(C)cc1=O. The van der Waals surface area contributed by atoms with Gasteiger partial charge in [-0.15, -0.1) is 0 Å². The van der Waals surface area contributed by atoms with Crippen LogP contribution in [0.1, 0.15) is 29.5 Å². The molecule has 2 aromatic rings. The Morgan fingerprint density at radius 1 is 1.38 bits per heavy atom. The van der Waals surface area contributed by atoms with Crippen LogP contribution in [0.25, 0.3) is 5.69 Å². The second kappa shape index (κ2) is 6.30. The number of para-hydroxylation sites is 1. The maximum atomic E-state index is 13.9. The van der Waals surface area contributed by atoms with Crippen molar-refractivity contribution in [1.82, 2.24) is 15.1 Å². The number of aromatic nitrogens is 2. The van der Waals surface area contributed by atoms with E-state index in [0.29, 0.717) is 12.2 Å². The van der Waals surface area contributed by atoms with E-state index in [2.05, 4.69) is 10.4 Å². The van der Waals surface area contributed by atoms with Crippen LogP contribution < -0.4 is 10.7 Å². The van der Waals surface area contributed by atoms with Crippen molar-refractivity contribution in [2.45, 2.75) is 20.3 Å². The van der Waals surface area contributed by atoms with E-state index >= 15 is 0 Å². The van der Waals surface area contributed by atoms with Crippen LogP contribution >= 0.6 is 0 Å². The Kier molecular flexibility index (Phi) is 4.47. The fourth-order valence-electron chi connectivity index (χ4n) is 1.89. The Morgan fingerprint density at radius 3 is 2.76 bits per heavy atom. The zero-order valence-electron chi connectivity index (χ0n) is 11.9. The van der Waals surface area contributed by atoms with Gasteiger partial charge in [-0.2, -0.15) is 5.10 Å². The first-order valence-electron chi connectivity index (χ1n) is 6.68. The summed E-state index contributed by atoms with van der Waals surface area (Å²) in [6.07, 6.45) is 0.749. The van der Waals surface area contributed by atoms with Gasteiger partial charge in [-0.1, -0.05) is 19.1 Å². The van der Waals surface area contributed by atoms with Crippen molar-refractivity contribution >= 4 is 5.91 Å². The molecule has 0 atom stereocenters. The van der Waals surface area contributed by atoms with E-state index in [0.717, 1.165) is 6.42 Å². The van der Waals surface area contributed by atoms with Crippen molar-refractivity contribution in [3.8, 4) is 5.69 Å². The second-order valence-electron chi connectivity index (χ2n) is 4.62. The fraction of sp³-hybridized carbons (Fsp3) is 0.267. The monoisotopic (exact) mass is 289 g/mol. The van der Waals surface area contributed by atoms with Gasteiger partial charge in [-0.05, 0) is 25.5 Å². The first-order valence-corrected chi connectivity index (χ1v) is 6.68. The predicted octanol–water partition coefficient (Wildman–Crippen LogP) is 1.82. The number of nitrogens with one attached hydrogen (secondary N) is 1. The summed E-state index contributed by atoms with van der Waals surface area (Å²) < 4.78 is 15.1. The summed E-state index contributed by atoms with van der Waals surface area (Å²) in [4.78, 5) is 23.8. The number of carbonyl (C=O) groups excluding carboxylic acids is 1. The van der Waals surface area contributed by atoms with Gasteiger partial charge in [0.25, 0.3) is 5.91 Å². The van der Waals surface area contributed by atoms with Gasteiger partial charge in [-0.25, -0.2) is 9.07 Å². The number of hydrogen-bond acceptors (Lipinski definition) is 3. The zero-order chi connectivity index (χ0) is 15.4. The molecular weight excluding hydrogens is 273 g/mol. The molecule has 21 heavy (non-hydrogen) atoms. The Labute approximate surface area is 121 Å². The number of nitrogens with zero attached hydrogens (tertiary/aromatic N) is 2. The summed E-state index contributed by atoms with van der Waals surface area (Å²) in [5.74, 6) is -1.02. The van der Waals surface area contributed by atoms with Gasteiger partial charge >= 0.3 is 0 Å². The highest BCUT2D eigenvalue weighted by atomic mass is 19.1. The molecule has 1 heterocycles. The van der Waals surface area contributed by atoms with E-state index < -0.39 is 17.2 Å². The second-order valence-corrected chi connectivity index (χ2v) is 4.62. The molecule has 0 fully saturated rings. The van der Waals surface area contributed by atoms with Gasteiger partial charge in [0, 0.05) is 18.3 Å². The molecule has 0 spiro atoms. The summed E-state index contributed by atoms with van der Waals surface area (Å²) in [6, 6.07) is 7.33. The molecule has 0 radical (unpaired) electrons. The quantitative estimate of drug-likeness (QED) is 0.933. The lowest BCUT2D eigenvalue weighted by molar-refractivity contribution is 0.0945. The lowest BCUT2D eigenvalue weighted by Gasteiger charge is -2.11. The summed E-state index contributed by atoms with van der Waals surface area (Å²) in [7, 11) is 0. The van der Waals surface area contributed by atoms with Crippen LogP contribution in [0.5, 0.6) is 0 Å². The first kappa shape index (κ1) is 14.9. The van der Waals surface area contributed by atoms with Crippen LogP contribution in [-0.2, 0) is 0 Å². The van der Waals surface area contributed by atoms with Gasteiger partial charge in [0.05, 0.1) is 0 Å². The van der Waals surface area contributed by atoms with E-state index in [1.807, 2.05) is 6.92 Å². The van der Waals surface area contributed by atoms with Crippen LogP contribution in [0, 0.1) is 12.7 Å². The largest absolute Gasteiger partial charge is 0.351 e. The zero-order valence-corrected chi connectivity index (χ0v) is 11.9. The molecule has 0 bridgehead atoms. The summed E-state index contributed by atoms with van der Waals surface area (Å²) in [5.41, 5.74) is -0.0670. The third kappa shape index (κ3) is 3.16. The highest BCUT2D eigenvalue weighted by molar-refractivity contribution is 5.91. The number of benzene rings is 1. The third-order valence-corrected chi connectivity index (χ3v) is 2.94. The van der Waals surface area contributed by atoms with Crippen molar-refractivity contribution in [2.24, 2.45) is 0 Å². The average Bonchev–Trinajstić information content (AvgIpc) is 2.46. The predicted molar refractivity (Wildman–Crippen MR) is 77.2 cm³/mol. The molecule has 0 aliphatic carbocycles. The molecule has 0 aliphatic heterocycles. The average molecular weight is 289 g/mol. The molecule has 0 unspecified atom stereocenters. The molecule has 0 saturated carbocycles. The van der Waals surface area contributed by atoms with Gasteiger partial charge in [0.2, 0.25) is 5.43 Å². The number of amides is 1. The smallest absolute Gasteiger partial charge is 0.275 e. The normalized spacial score (nSPS) is 10.4. The number of halogens is 1. The standard InChI is InChI=1S/C15H16FN3O2/c1-3-8-17-15(21)14-13(20)9-10(2)19(18-14)12-7-5-4-6-11(12)16/h4-7,9H,3,8H2,1-2H3,(H,17,21). The van der Waals surface area contributed by atoms with Crippen molar-refractivity contribution in [3.63, 3.8) is 0 Å². The van der Waals surface area contributed by atoms with Crippen molar-refractivity contribution in [3.05, 3.63) is 57.8 Å². The number of carbonyl (C=O) groups is 1. The van der Waals surface area contributed by atoms with Crippen LogP contribution in [0.2, 0.25) is 0 Å². The molecule has 2 rings (SSSR count). The van der Waals surface area contributed by atoms with Crippen molar-refractivity contribution in [1.29, 1.82) is 0 Å². The minimum atomic E-state index is -0.549. The Balaban J connectivity index is 2.51. The highest BCUT2D eigenvalue weighted by Crippen LogP contribution is 2.12. The maximum Gasteiger partial charge on any atom is 0.275 e. The molecule has 0 aliphatic rings. The van der Waals surface area contributed by atoms with Gasteiger partial charge in [0.15, 0.2) is 5.69 Å². The molecule has 1 N–H and O–H groups in total. The molecule has 6 heteroatoms. The lowest BCUT2D eigenvalue weighted by atomic mass is 10.2. The number of aryl methyl sites for hydroxylation is 1. The summed E-state index contributed by atoms with van der Waals surface area (Å²) in [5, 5.41) is 6.60. The summed E-state index contributed by atoms with van der Waals surface area (Å²) in [6.45, 7) is 3.99. The molecule has 0 saturated heterocycles. The van der Waals surface area contributed by atoms with Crippen molar-refractivity contribution < 1.29 is 9.18 Å². The van der Waals surface area contributed by atoms with E-state index in [-0.39, 0.29) is 11.4 Å². The van der Waals surface area contributed by atoms with Crippen LogP contribution in [-0.4, -0.2) is 22.2 Å². The molecule has 5 nitrogen and oxygen atoms in total. The maximum absolute atomic E-state index is 13.9. The Hall–Kier alpha value is -2.50. The highest BCUT2D eigenvalue weighted by Gasteiger charge is 2.15. The summed E-state index contributed by atoms with van der Waals surface area (Å²) >= 11 is 0. The van der Waals surface area contributed by atoms with Crippen LogP contribution in [0.15, 0.2) is 35.1 Å². The molecule has 1 amide bonds. The molecule has 1 aromatic carbocycles. The van der Waals surface area contributed by atoms with E-state index in [9.17, 15) is 14.0 Å². The van der Waals surface area contributed by atoms with E-state index in [4.69, 9.17) is 0 Å². The first-order chi connectivity index (χ1) is 10.0. The topological polar surface area (TPSA) is 64.0 Å². The minimum absolute atomic E-state index is 0.194. The molecule has 1 aromatic heterocycles. The van der Waals surface area contributed by atoms with E-state index in [1.54, 1.807) is 19.1 Å². The minimum Gasteiger partial charge on any atom is -0.351 e. The number of hydrogen-bond donors (Lipinski definition) is 1. The fourth-order valence-corrected chi connectivity index (χ4v) is 1.89. The Bertz CT molecular complexity index is 725. The third-order valence-electron chi connectivity index (χ3n) is 2.94. The van der Waals surface area contributed by atoms with Gasteiger partial charge < -0.3 is 5.32 Å². The Morgan fingerprint density at radius 2 is 2.10 bits per heavy atom.